The van der Waals surface area contributed by atoms with Crippen molar-refractivity contribution in [3.63, 3.8) is 0 Å². The molecule has 3 nitrogen and oxygen atoms in total. The quantitative estimate of drug-likeness (QED) is 0.795. The summed E-state index contributed by atoms with van der Waals surface area (Å²) in [6, 6.07) is 6.82. The summed E-state index contributed by atoms with van der Waals surface area (Å²) in [4.78, 5) is 11.8. The molecular formula is C13H18ClNO2. The molecular weight excluding hydrogens is 238 g/mol. The molecule has 17 heavy (non-hydrogen) atoms. The van der Waals surface area contributed by atoms with Crippen molar-refractivity contribution in [2.75, 3.05) is 13.2 Å². The van der Waals surface area contributed by atoms with E-state index in [0.29, 0.717) is 11.6 Å². The Morgan fingerprint density at radius 3 is 2.53 bits per heavy atom. The van der Waals surface area contributed by atoms with E-state index in [9.17, 15) is 4.79 Å². The first-order chi connectivity index (χ1) is 8.19. The van der Waals surface area contributed by atoms with Crippen molar-refractivity contribution in [1.82, 2.24) is 5.32 Å². The second kappa shape index (κ2) is 7.30. The van der Waals surface area contributed by atoms with Crippen LogP contribution < -0.4 is 5.32 Å². The smallest absolute Gasteiger partial charge is 0.327 e. The van der Waals surface area contributed by atoms with E-state index in [1.807, 2.05) is 12.1 Å². The molecule has 0 radical (unpaired) electrons. The number of carbonyl (C=O) groups excluding carboxylic acids is 1. The minimum Gasteiger partial charge on any atom is -0.465 e. The van der Waals surface area contributed by atoms with Crippen molar-refractivity contribution < 1.29 is 9.53 Å². The molecule has 94 valence electrons. The Bertz CT molecular complexity index is 351. The zero-order valence-corrected chi connectivity index (χ0v) is 11.0. The molecule has 1 unspecified atom stereocenters. The van der Waals surface area contributed by atoms with E-state index in [1.54, 1.807) is 19.1 Å². The topological polar surface area (TPSA) is 38.3 Å². The number of benzene rings is 1. The predicted molar refractivity (Wildman–Crippen MR) is 69.1 cm³/mol. The second-order valence-electron chi connectivity index (χ2n) is 3.69. The van der Waals surface area contributed by atoms with Gasteiger partial charge in [-0.2, -0.15) is 0 Å². The van der Waals surface area contributed by atoms with Gasteiger partial charge in [0.05, 0.1) is 6.61 Å². The first-order valence-electron chi connectivity index (χ1n) is 5.84. The molecule has 0 amide bonds. The van der Waals surface area contributed by atoms with E-state index in [1.165, 1.54) is 0 Å². The molecule has 1 atom stereocenters. The Kier molecular flexibility index (Phi) is 6.01. The van der Waals surface area contributed by atoms with Crippen LogP contribution in [0, 0.1) is 0 Å². The third-order valence-electron chi connectivity index (χ3n) is 2.32. The van der Waals surface area contributed by atoms with Crippen LogP contribution >= 0.6 is 11.6 Å². The third-order valence-corrected chi connectivity index (χ3v) is 2.58. The highest BCUT2D eigenvalue weighted by Crippen LogP contribution is 2.17. The van der Waals surface area contributed by atoms with Crippen molar-refractivity contribution in [1.29, 1.82) is 0 Å². The van der Waals surface area contributed by atoms with Gasteiger partial charge in [-0.05, 0) is 37.6 Å². The molecule has 0 aliphatic carbocycles. The first kappa shape index (κ1) is 14.0. The highest BCUT2D eigenvalue weighted by atomic mass is 35.5. The molecule has 1 N–H and O–H groups in total. The van der Waals surface area contributed by atoms with E-state index in [0.717, 1.165) is 18.5 Å². The number of hydrogen-bond donors (Lipinski definition) is 1. The van der Waals surface area contributed by atoms with Gasteiger partial charge in [-0.1, -0.05) is 30.7 Å². The van der Waals surface area contributed by atoms with Crippen LogP contribution in [0.25, 0.3) is 0 Å². The summed E-state index contributed by atoms with van der Waals surface area (Å²) in [7, 11) is 0. The standard InChI is InChI=1S/C13H18ClNO2/c1-3-9-15-12(13(16)17-4-2)10-5-7-11(14)8-6-10/h5-8,12,15H,3-4,9H2,1-2H3. The van der Waals surface area contributed by atoms with E-state index in [-0.39, 0.29) is 5.97 Å². The molecule has 0 aliphatic heterocycles. The van der Waals surface area contributed by atoms with Gasteiger partial charge in [0, 0.05) is 5.02 Å². The maximum atomic E-state index is 11.8. The number of rotatable bonds is 6. The van der Waals surface area contributed by atoms with Crippen molar-refractivity contribution in [3.05, 3.63) is 34.9 Å². The number of hydrogen-bond acceptors (Lipinski definition) is 3. The van der Waals surface area contributed by atoms with Gasteiger partial charge >= 0.3 is 5.97 Å². The fourth-order valence-electron chi connectivity index (χ4n) is 1.51. The highest BCUT2D eigenvalue weighted by molar-refractivity contribution is 6.30. The van der Waals surface area contributed by atoms with E-state index in [4.69, 9.17) is 16.3 Å². The lowest BCUT2D eigenvalue weighted by atomic mass is 10.1. The molecule has 0 bridgehead atoms. The first-order valence-corrected chi connectivity index (χ1v) is 6.22. The summed E-state index contributed by atoms with van der Waals surface area (Å²) in [6.07, 6.45) is 0.962. The summed E-state index contributed by atoms with van der Waals surface area (Å²) < 4.78 is 5.05. The molecule has 0 spiro atoms. The molecule has 1 aromatic carbocycles. The van der Waals surface area contributed by atoms with Crippen molar-refractivity contribution >= 4 is 17.6 Å². The lowest BCUT2D eigenvalue weighted by Crippen LogP contribution is -2.30. The van der Waals surface area contributed by atoms with Gasteiger partial charge < -0.3 is 10.1 Å². The van der Waals surface area contributed by atoms with E-state index >= 15 is 0 Å². The largest absolute Gasteiger partial charge is 0.465 e. The maximum absolute atomic E-state index is 11.8. The second-order valence-corrected chi connectivity index (χ2v) is 4.13. The van der Waals surface area contributed by atoms with Gasteiger partial charge in [-0.25, -0.2) is 4.79 Å². The van der Waals surface area contributed by atoms with Crippen LogP contribution in [0.4, 0.5) is 0 Å². The number of halogens is 1. The van der Waals surface area contributed by atoms with Crippen LogP contribution in [-0.4, -0.2) is 19.1 Å². The van der Waals surface area contributed by atoms with Crippen molar-refractivity contribution in [2.24, 2.45) is 0 Å². The SMILES string of the molecule is CCCNC(C(=O)OCC)c1ccc(Cl)cc1. The Morgan fingerprint density at radius 2 is 2.00 bits per heavy atom. The average Bonchev–Trinajstić information content (AvgIpc) is 2.32. The zero-order valence-electron chi connectivity index (χ0n) is 10.2. The van der Waals surface area contributed by atoms with Crippen LogP contribution in [0.1, 0.15) is 31.9 Å². The van der Waals surface area contributed by atoms with Gasteiger partial charge in [-0.15, -0.1) is 0 Å². The number of nitrogens with one attached hydrogen (secondary N) is 1. The van der Waals surface area contributed by atoms with E-state index in [2.05, 4.69) is 12.2 Å². The molecule has 1 rings (SSSR count). The Labute approximate surface area is 107 Å². The summed E-state index contributed by atoms with van der Waals surface area (Å²) >= 11 is 5.82. The summed E-state index contributed by atoms with van der Waals surface area (Å²) in [5.41, 5.74) is 0.876. The Morgan fingerprint density at radius 1 is 1.35 bits per heavy atom. The van der Waals surface area contributed by atoms with Gasteiger partial charge in [0.25, 0.3) is 0 Å². The monoisotopic (exact) mass is 255 g/mol. The molecule has 0 saturated heterocycles. The van der Waals surface area contributed by atoms with Crippen LogP contribution in [-0.2, 0) is 9.53 Å². The van der Waals surface area contributed by atoms with Crippen LogP contribution in [0.5, 0.6) is 0 Å². The molecule has 1 aromatic rings. The average molecular weight is 256 g/mol. The third kappa shape index (κ3) is 4.36. The summed E-state index contributed by atoms with van der Waals surface area (Å²) in [5.74, 6) is -0.247. The maximum Gasteiger partial charge on any atom is 0.327 e. The van der Waals surface area contributed by atoms with Crippen molar-refractivity contribution in [3.8, 4) is 0 Å². The Balaban J connectivity index is 2.81. The van der Waals surface area contributed by atoms with Gasteiger partial charge in [0.15, 0.2) is 0 Å². The van der Waals surface area contributed by atoms with Crippen molar-refractivity contribution in [2.45, 2.75) is 26.3 Å². The van der Waals surface area contributed by atoms with Crippen LogP contribution in [0.15, 0.2) is 24.3 Å². The number of esters is 1. The minimum absolute atomic E-state index is 0.247. The van der Waals surface area contributed by atoms with Crippen LogP contribution in [0.2, 0.25) is 5.02 Å². The lowest BCUT2D eigenvalue weighted by Gasteiger charge is -2.17. The molecule has 0 fully saturated rings. The van der Waals surface area contributed by atoms with Crippen LogP contribution in [0.3, 0.4) is 0 Å². The molecule has 4 heteroatoms. The molecule has 0 heterocycles. The fourth-order valence-corrected chi connectivity index (χ4v) is 1.63. The normalized spacial score (nSPS) is 12.2. The Hall–Kier alpha value is -1.06. The van der Waals surface area contributed by atoms with E-state index < -0.39 is 6.04 Å². The fraction of sp³-hybridized carbons (Fsp3) is 0.462. The minimum atomic E-state index is -0.410. The number of carbonyl (C=O) groups is 1. The van der Waals surface area contributed by atoms with Gasteiger partial charge in [0.1, 0.15) is 6.04 Å². The van der Waals surface area contributed by atoms with Gasteiger partial charge in [0.2, 0.25) is 0 Å². The zero-order chi connectivity index (χ0) is 12.7. The number of ether oxygens (including phenoxy) is 1. The molecule has 0 aliphatic rings. The molecule has 0 saturated carbocycles. The highest BCUT2D eigenvalue weighted by Gasteiger charge is 2.20. The molecule has 0 aromatic heterocycles. The summed E-state index contributed by atoms with van der Waals surface area (Å²) in [6.45, 7) is 5.01. The predicted octanol–water partition coefficient (Wildman–Crippen LogP) is 2.94. The van der Waals surface area contributed by atoms with Gasteiger partial charge in [-0.3, -0.25) is 0 Å². The summed E-state index contributed by atoms with van der Waals surface area (Å²) in [5, 5.41) is 3.83. The lowest BCUT2D eigenvalue weighted by molar-refractivity contribution is -0.145.